The molecule has 1 aromatic carbocycles. The van der Waals surface area contributed by atoms with E-state index in [0.717, 1.165) is 18.7 Å². The molecule has 0 radical (unpaired) electrons. The Hall–Kier alpha value is -2.14. The molecule has 1 fully saturated rings. The molecule has 1 aromatic heterocycles. The highest BCUT2D eigenvalue weighted by molar-refractivity contribution is 5.93. The zero-order valence-electron chi connectivity index (χ0n) is 14.2. The van der Waals surface area contributed by atoms with Crippen LogP contribution in [0.5, 0.6) is 0 Å². The van der Waals surface area contributed by atoms with Crippen LogP contribution in [0.15, 0.2) is 42.7 Å². The number of para-hydroxylation sites is 1. The minimum atomic E-state index is -0.0481. The molecule has 128 valence electrons. The molecule has 3 rings (SSSR count). The Labute approximate surface area is 143 Å². The van der Waals surface area contributed by atoms with Gasteiger partial charge in [0, 0.05) is 12.7 Å². The molecule has 0 bridgehead atoms. The van der Waals surface area contributed by atoms with Crippen LogP contribution in [0, 0.1) is 0 Å². The Bertz CT molecular complexity index is 630. The Balaban J connectivity index is 1.43. The van der Waals surface area contributed by atoms with Crippen molar-refractivity contribution in [3.8, 4) is 5.69 Å². The van der Waals surface area contributed by atoms with Crippen molar-refractivity contribution in [3.05, 3.63) is 48.3 Å². The Kier molecular flexibility index (Phi) is 6.01. The van der Waals surface area contributed by atoms with E-state index in [4.69, 9.17) is 0 Å². The van der Waals surface area contributed by atoms with Gasteiger partial charge < -0.3 is 10.2 Å². The second kappa shape index (κ2) is 8.64. The highest BCUT2D eigenvalue weighted by atomic mass is 16.1. The molecule has 0 saturated carbocycles. The summed E-state index contributed by atoms with van der Waals surface area (Å²) in [6.07, 6.45) is 9.74. The van der Waals surface area contributed by atoms with Crippen molar-refractivity contribution in [1.29, 1.82) is 0 Å². The van der Waals surface area contributed by atoms with E-state index in [1.807, 2.05) is 30.3 Å². The molecule has 1 aliphatic rings. The maximum absolute atomic E-state index is 12.2. The first-order valence-corrected chi connectivity index (χ1v) is 8.93. The van der Waals surface area contributed by atoms with Gasteiger partial charge in [-0.1, -0.05) is 31.0 Å². The van der Waals surface area contributed by atoms with Crippen molar-refractivity contribution >= 4 is 5.91 Å². The van der Waals surface area contributed by atoms with Gasteiger partial charge in [0.2, 0.25) is 0 Å². The summed E-state index contributed by atoms with van der Waals surface area (Å²) in [4.78, 5) is 14.7. The van der Waals surface area contributed by atoms with Crippen molar-refractivity contribution < 1.29 is 4.79 Å². The zero-order valence-corrected chi connectivity index (χ0v) is 14.2. The van der Waals surface area contributed by atoms with Gasteiger partial charge in [0.05, 0.1) is 17.4 Å². The first-order valence-electron chi connectivity index (χ1n) is 8.93. The van der Waals surface area contributed by atoms with Crippen molar-refractivity contribution in [2.75, 3.05) is 26.2 Å². The molecule has 0 spiro atoms. The van der Waals surface area contributed by atoms with Crippen molar-refractivity contribution in [2.45, 2.75) is 32.1 Å². The summed E-state index contributed by atoms with van der Waals surface area (Å²) in [5.41, 5.74) is 1.56. The molecule has 2 aromatic rings. The first-order chi connectivity index (χ1) is 11.8. The van der Waals surface area contributed by atoms with Gasteiger partial charge in [-0.15, -0.1) is 0 Å². The molecule has 1 N–H and O–H groups in total. The van der Waals surface area contributed by atoms with Gasteiger partial charge in [-0.05, 0) is 51.0 Å². The van der Waals surface area contributed by atoms with Crippen LogP contribution < -0.4 is 5.32 Å². The maximum atomic E-state index is 12.2. The fourth-order valence-corrected chi connectivity index (χ4v) is 3.13. The Morgan fingerprint density at radius 1 is 1.08 bits per heavy atom. The number of nitrogens with one attached hydrogen (secondary N) is 1. The second-order valence-corrected chi connectivity index (χ2v) is 6.37. The topological polar surface area (TPSA) is 50.2 Å². The van der Waals surface area contributed by atoms with Gasteiger partial charge >= 0.3 is 0 Å². The average molecular weight is 326 g/mol. The fourth-order valence-electron chi connectivity index (χ4n) is 3.13. The Morgan fingerprint density at radius 2 is 1.83 bits per heavy atom. The van der Waals surface area contributed by atoms with Crippen LogP contribution in [-0.2, 0) is 0 Å². The third kappa shape index (κ3) is 4.68. The van der Waals surface area contributed by atoms with E-state index in [1.54, 1.807) is 17.1 Å². The lowest BCUT2D eigenvalue weighted by atomic mass is 10.2. The molecule has 5 nitrogen and oxygen atoms in total. The summed E-state index contributed by atoms with van der Waals surface area (Å²) in [5.74, 6) is -0.0481. The number of likely N-dealkylation sites (tertiary alicyclic amines) is 1. The molecule has 2 heterocycles. The van der Waals surface area contributed by atoms with Crippen LogP contribution in [0.25, 0.3) is 5.69 Å². The monoisotopic (exact) mass is 326 g/mol. The van der Waals surface area contributed by atoms with Crippen molar-refractivity contribution in [3.63, 3.8) is 0 Å². The minimum Gasteiger partial charge on any atom is -0.352 e. The van der Waals surface area contributed by atoms with E-state index in [9.17, 15) is 4.79 Å². The van der Waals surface area contributed by atoms with Crippen LogP contribution in [0.1, 0.15) is 42.5 Å². The van der Waals surface area contributed by atoms with Gasteiger partial charge in [-0.25, -0.2) is 4.68 Å². The molecule has 0 unspecified atom stereocenters. The van der Waals surface area contributed by atoms with E-state index >= 15 is 0 Å². The van der Waals surface area contributed by atoms with E-state index in [1.165, 1.54) is 38.8 Å². The van der Waals surface area contributed by atoms with Crippen LogP contribution in [0.2, 0.25) is 0 Å². The van der Waals surface area contributed by atoms with E-state index in [0.29, 0.717) is 12.1 Å². The lowest BCUT2D eigenvalue weighted by Crippen LogP contribution is -2.30. The summed E-state index contributed by atoms with van der Waals surface area (Å²) < 4.78 is 1.73. The van der Waals surface area contributed by atoms with Crippen LogP contribution in [0.3, 0.4) is 0 Å². The van der Waals surface area contributed by atoms with Crippen LogP contribution in [-0.4, -0.2) is 46.8 Å². The number of nitrogens with zero attached hydrogens (tertiary/aromatic N) is 3. The molecular weight excluding hydrogens is 300 g/mol. The van der Waals surface area contributed by atoms with Gasteiger partial charge in [-0.3, -0.25) is 4.79 Å². The first kappa shape index (κ1) is 16.7. The summed E-state index contributed by atoms with van der Waals surface area (Å²) in [6.45, 7) is 4.20. The number of amides is 1. The third-order valence-electron chi connectivity index (χ3n) is 4.50. The number of aromatic nitrogens is 2. The average Bonchev–Trinajstić information content (AvgIpc) is 2.97. The highest BCUT2D eigenvalue weighted by Gasteiger charge is 2.10. The zero-order chi connectivity index (χ0) is 16.6. The van der Waals surface area contributed by atoms with Crippen molar-refractivity contribution in [2.24, 2.45) is 0 Å². The second-order valence-electron chi connectivity index (χ2n) is 6.37. The van der Waals surface area contributed by atoms with E-state index in [2.05, 4.69) is 15.3 Å². The summed E-state index contributed by atoms with van der Waals surface area (Å²) in [7, 11) is 0. The van der Waals surface area contributed by atoms with Gasteiger partial charge in [0.1, 0.15) is 0 Å². The van der Waals surface area contributed by atoms with Gasteiger partial charge in [0.15, 0.2) is 0 Å². The van der Waals surface area contributed by atoms with Crippen LogP contribution in [0.4, 0.5) is 0 Å². The molecule has 1 saturated heterocycles. The standard InChI is InChI=1S/C19H26N4O/c24-19(20-11-8-14-22-12-6-1-2-7-13-22)17-15-21-23(16-17)18-9-4-3-5-10-18/h3-5,9-10,15-16H,1-2,6-8,11-14H2,(H,20,24). The minimum absolute atomic E-state index is 0.0481. The predicted octanol–water partition coefficient (Wildman–Crippen LogP) is 2.87. The quantitative estimate of drug-likeness (QED) is 0.831. The maximum Gasteiger partial charge on any atom is 0.254 e. The third-order valence-corrected chi connectivity index (χ3v) is 4.50. The summed E-state index contributed by atoms with van der Waals surface area (Å²) in [6, 6.07) is 9.82. The number of rotatable bonds is 6. The number of carbonyl (C=O) groups excluding carboxylic acids is 1. The van der Waals surface area contributed by atoms with E-state index < -0.39 is 0 Å². The number of carbonyl (C=O) groups is 1. The fraction of sp³-hybridized carbons (Fsp3) is 0.474. The van der Waals surface area contributed by atoms with Gasteiger partial charge in [0.25, 0.3) is 5.91 Å². The molecule has 24 heavy (non-hydrogen) atoms. The normalized spacial score (nSPS) is 15.8. The molecule has 0 atom stereocenters. The number of benzene rings is 1. The predicted molar refractivity (Wildman–Crippen MR) is 95.4 cm³/mol. The summed E-state index contributed by atoms with van der Waals surface area (Å²) >= 11 is 0. The smallest absolute Gasteiger partial charge is 0.254 e. The lowest BCUT2D eigenvalue weighted by molar-refractivity contribution is 0.0951. The van der Waals surface area contributed by atoms with Crippen molar-refractivity contribution in [1.82, 2.24) is 20.0 Å². The largest absolute Gasteiger partial charge is 0.352 e. The van der Waals surface area contributed by atoms with Crippen LogP contribution >= 0.6 is 0 Å². The molecule has 0 aliphatic carbocycles. The molecule has 5 heteroatoms. The number of hydrogen-bond donors (Lipinski definition) is 1. The molecular formula is C19H26N4O. The van der Waals surface area contributed by atoms with E-state index in [-0.39, 0.29) is 5.91 Å². The lowest BCUT2D eigenvalue weighted by Gasteiger charge is -2.19. The van der Waals surface area contributed by atoms with Gasteiger partial charge in [-0.2, -0.15) is 5.10 Å². The Morgan fingerprint density at radius 3 is 2.58 bits per heavy atom. The SMILES string of the molecule is O=C(NCCCN1CCCCCC1)c1cnn(-c2ccccc2)c1. The number of hydrogen-bond acceptors (Lipinski definition) is 3. The molecule has 1 aliphatic heterocycles. The highest BCUT2D eigenvalue weighted by Crippen LogP contribution is 2.10. The summed E-state index contributed by atoms with van der Waals surface area (Å²) in [5, 5.41) is 7.27. The molecule has 1 amide bonds.